The van der Waals surface area contributed by atoms with Crippen LogP contribution >= 0.6 is 0 Å². The lowest BCUT2D eigenvalue weighted by molar-refractivity contribution is -0.128. The zero-order valence-electron chi connectivity index (χ0n) is 10.5. The molecule has 0 atom stereocenters. The molecule has 0 aliphatic carbocycles. The second kappa shape index (κ2) is 9.15. The number of nitrogens with zero attached hydrogens (tertiary/aromatic N) is 1. The largest absolute Gasteiger partial charge is 0.356 e. The van der Waals surface area contributed by atoms with Crippen molar-refractivity contribution in [1.82, 2.24) is 15.5 Å². The van der Waals surface area contributed by atoms with Crippen LogP contribution in [0.4, 0.5) is 0 Å². The van der Waals surface area contributed by atoms with Gasteiger partial charge in [0, 0.05) is 33.5 Å². The Bertz CT molecular complexity index is 219. The van der Waals surface area contributed by atoms with E-state index < -0.39 is 0 Å². The normalized spacial score (nSPS) is 9.94. The number of hydrogen-bond donors (Lipinski definition) is 2. The molecule has 0 aliphatic heterocycles. The molecule has 94 valence electrons. The van der Waals surface area contributed by atoms with Crippen molar-refractivity contribution >= 4 is 11.8 Å². The molecular formula is C11H23N3O2. The van der Waals surface area contributed by atoms with Crippen molar-refractivity contribution in [3.05, 3.63) is 0 Å². The van der Waals surface area contributed by atoms with Gasteiger partial charge in [-0.15, -0.1) is 0 Å². The molecule has 0 aromatic heterocycles. The Morgan fingerprint density at radius 2 is 1.62 bits per heavy atom. The van der Waals surface area contributed by atoms with Crippen molar-refractivity contribution in [2.24, 2.45) is 0 Å². The van der Waals surface area contributed by atoms with E-state index in [1.807, 2.05) is 11.9 Å². The van der Waals surface area contributed by atoms with E-state index in [-0.39, 0.29) is 11.8 Å². The van der Waals surface area contributed by atoms with Crippen LogP contribution in [0.25, 0.3) is 0 Å². The minimum Gasteiger partial charge on any atom is -0.356 e. The summed E-state index contributed by atoms with van der Waals surface area (Å²) in [4.78, 5) is 23.7. The van der Waals surface area contributed by atoms with E-state index in [0.29, 0.717) is 13.1 Å². The molecule has 0 unspecified atom stereocenters. The third kappa shape index (κ3) is 8.23. The Morgan fingerprint density at radius 3 is 2.06 bits per heavy atom. The van der Waals surface area contributed by atoms with E-state index in [2.05, 4.69) is 10.6 Å². The molecule has 5 nitrogen and oxygen atoms in total. The summed E-state index contributed by atoms with van der Waals surface area (Å²) in [6.07, 6.45) is 1.76. The van der Waals surface area contributed by atoms with Crippen LogP contribution in [0, 0.1) is 0 Å². The Morgan fingerprint density at radius 1 is 1.06 bits per heavy atom. The van der Waals surface area contributed by atoms with Crippen molar-refractivity contribution in [3.63, 3.8) is 0 Å². The van der Waals surface area contributed by atoms with E-state index in [0.717, 1.165) is 25.9 Å². The maximum Gasteiger partial charge on any atom is 0.219 e. The average Bonchev–Trinajstić information content (AvgIpc) is 2.21. The first-order valence-electron chi connectivity index (χ1n) is 5.72. The van der Waals surface area contributed by atoms with Gasteiger partial charge in [-0.2, -0.15) is 0 Å². The lowest BCUT2D eigenvalue weighted by Crippen LogP contribution is -2.34. The third-order valence-corrected chi connectivity index (χ3v) is 2.28. The van der Waals surface area contributed by atoms with Gasteiger partial charge in [-0.3, -0.25) is 9.59 Å². The molecule has 0 saturated heterocycles. The van der Waals surface area contributed by atoms with E-state index in [1.165, 1.54) is 6.92 Å². The zero-order chi connectivity index (χ0) is 12.4. The molecule has 0 aliphatic rings. The van der Waals surface area contributed by atoms with Crippen LogP contribution < -0.4 is 10.6 Å². The highest BCUT2D eigenvalue weighted by atomic mass is 16.2. The molecule has 0 radical (unpaired) electrons. The summed E-state index contributed by atoms with van der Waals surface area (Å²) < 4.78 is 0. The Hall–Kier alpha value is -1.10. The van der Waals surface area contributed by atoms with E-state index in [9.17, 15) is 9.59 Å². The van der Waals surface area contributed by atoms with Gasteiger partial charge in [0.25, 0.3) is 0 Å². The smallest absolute Gasteiger partial charge is 0.219 e. The van der Waals surface area contributed by atoms with Gasteiger partial charge in [0.1, 0.15) is 0 Å². The molecule has 16 heavy (non-hydrogen) atoms. The molecule has 0 rings (SSSR count). The standard InChI is InChI=1S/C11H23N3O2/c1-10(15)13-7-5-9-14(11(2)16)8-4-6-12-3/h12H,4-9H2,1-3H3,(H,13,15). The van der Waals surface area contributed by atoms with Crippen molar-refractivity contribution in [2.75, 3.05) is 33.2 Å². The molecule has 2 N–H and O–H groups in total. The second-order valence-electron chi connectivity index (χ2n) is 3.80. The fourth-order valence-corrected chi connectivity index (χ4v) is 1.41. The lowest BCUT2D eigenvalue weighted by atomic mass is 10.3. The summed E-state index contributed by atoms with van der Waals surface area (Å²) in [5.41, 5.74) is 0. The maximum atomic E-state index is 11.3. The number of amides is 2. The first-order chi connectivity index (χ1) is 7.57. The van der Waals surface area contributed by atoms with Gasteiger partial charge in [-0.05, 0) is 26.4 Å². The Kier molecular flexibility index (Phi) is 8.52. The van der Waals surface area contributed by atoms with Crippen molar-refractivity contribution in [1.29, 1.82) is 0 Å². The highest BCUT2D eigenvalue weighted by Crippen LogP contribution is 1.94. The van der Waals surface area contributed by atoms with Gasteiger partial charge in [-0.1, -0.05) is 0 Å². The number of nitrogens with one attached hydrogen (secondary N) is 2. The lowest BCUT2D eigenvalue weighted by Gasteiger charge is -2.20. The van der Waals surface area contributed by atoms with Gasteiger partial charge in [0.15, 0.2) is 0 Å². The van der Waals surface area contributed by atoms with E-state index in [1.54, 1.807) is 6.92 Å². The van der Waals surface area contributed by atoms with Crippen LogP contribution in [0.2, 0.25) is 0 Å². The number of hydrogen-bond acceptors (Lipinski definition) is 3. The number of rotatable bonds is 8. The number of carbonyl (C=O) groups excluding carboxylic acids is 2. The molecule has 0 spiro atoms. The summed E-state index contributed by atoms with van der Waals surface area (Å²) in [7, 11) is 1.90. The molecule has 0 bridgehead atoms. The summed E-state index contributed by atoms with van der Waals surface area (Å²) in [5, 5.41) is 5.77. The molecule has 0 saturated carbocycles. The highest BCUT2D eigenvalue weighted by Gasteiger charge is 2.07. The first kappa shape index (κ1) is 14.9. The van der Waals surface area contributed by atoms with Crippen molar-refractivity contribution < 1.29 is 9.59 Å². The zero-order valence-corrected chi connectivity index (χ0v) is 10.5. The Labute approximate surface area is 97.6 Å². The van der Waals surface area contributed by atoms with Crippen LogP contribution in [0.15, 0.2) is 0 Å². The van der Waals surface area contributed by atoms with Crippen molar-refractivity contribution in [3.8, 4) is 0 Å². The molecule has 0 fully saturated rings. The fourth-order valence-electron chi connectivity index (χ4n) is 1.41. The summed E-state index contributed by atoms with van der Waals surface area (Å²) in [6.45, 7) is 6.10. The summed E-state index contributed by atoms with van der Waals surface area (Å²) in [6, 6.07) is 0. The van der Waals surface area contributed by atoms with Crippen LogP contribution in [0.5, 0.6) is 0 Å². The van der Waals surface area contributed by atoms with Gasteiger partial charge in [0.05, 0.1) is 0 Å². The Balaban J connectivity index is 3.68. The SMILES string of the molecule is CNCCCN(CCCNC(C)=O)C(C)=O. The van der Waals surface area contributed by atoms with Crippen LogP contribution in [0.1, 0.15) is 26.7 Å². The van der Waals surface area contributed by atoms with Crippen LogP contribution in [0.3, 0.4) is 0 Å². The third-order valence-electron chi connectivity index (χ3n) is 2.28. The predicted molar refractivity (Wildman–Crippen MR) is 64.1 cm³/mol. The fraction of sp³-hybridized carbons (Fsp3) is 0.818. The molecule has 2 amide bonds. The molecule has 0 aromatic carbocycles. The van der Waals surface area contributed by atoms with Crippen molar-refractivity contribution in [2.45, 2.75) is 26.7 Å². The molecule has 0 heterocycles. The average molecular weight is 229 g/mol. The minimum absolute atomic E-state index is 0.0236. The van der Waals surface area contributed by atoms with Gasteiger partial charge < -0.3 is 15.5 Å². The second-order valence-corrected chi connectivity index (χ2v) is 3.80. The monoisotopic (exact) mass is 229 g/mol. The quantitative estimate of drug-likeness (QED) is 0.575. The van der Waals surface area contributed by atoms with E-state index in [4.69, 9.17) is 0 Å². The van der Waals surface area contributed by atoms with Gasteiger partial charge in [-0.25, -0.2) is 0 Å². The van der Waals surface area contributed by atoms with Gasteiger partial charge >= 0.3 is 0 Å². The van der Waals surface area contributed by atoms with E-state index >= 15 is 0 Å². The van der Waals surface area contributed by atoms with Crippen LogP contribution in [-0.4, -0.2) is 49.9 Å². The first-order valence-corrected chi connectivity index (χ1v) is 5.72. The molecule has 5 heteroatoms. The maximum absolute atomic E-state index is 11.3. The molecule has 0 aromatic rings. The summed E-state index contributed by atoms with van der Waals surface area (Å²) >= 11 is 0. The number of carbonyl (C=O) groups is 2. The predicted octanol–water partition coefficient (Wildman–Crippen LogP) is -0.0294. The summed E-state index contributed by atoms with van der Waals surface area (Å²) in [5.74, 6) is 0.0727. The molecular weight excluding hydrogens is 206 g/mol. The minimum atomic E-state index is -0.0236. The van der Waals surface area contributed by atoms with Gasteiger partial charge in [0.2, 0.25) is 11.8 Å². The topological polar surface area (TPSA) is 61.4 Å². The van der Waals surface area contributed by atoms with Crippen LogP contribution in [-0.2, 0) is 9.59 Å². The highest BCUT2D eigenvalue weighted by molar-refractivity contribution is 5.73.